The molecule has 1 aromatic heterocycles. The molecular weight excluding hydrogens is 272 g/mol. The van der Waals surface area contributed by atoms with Crippen molar-refractivity contribution in [1.82, 2.24) is 9.55 Å². The maximum Gasteiger partial charge on any atom is 0.121 e. The summed E-state index contributed by atoms with van der Waals surface area (Å²) in [5.74, 6) is 3.18. The zero-order valence-corrected chi connectivity index (χ0v) is 13.4. The van der Waals surface area contributed by atoms with Gasteiger partial charge in [-0.25, -0.2) is 4.98 Å². The highest BCUT2D eigenvalue weighted by Gasteiger charge is 2.17. The zero-order chi connectivity index (χ0) is 14.7. The molecule has 0 aliphatic heterocycles. The quantitative estimate of drug-likeness (QED) is 0.737. The van der Waals surface area contributed by atoms with Gasteiger partial charge >= 0.3 is 0 Å². The molecule has 110 valence electrons. The fraction of sp³-hybridized carbons (Fsp3) is 0.562. The van der Waals surface area contributed by atoms with Crippen LogP contribution in [0.2, 0.25) is 0 Å². The topological polar surface area (TPSA) is 27.1 Å². The van der Waals surface area contributed by atoms with Gasteiger partial charge in [-0.2, -0.15) is 0 Å². The van der Waals surface area contributed by atoms with Crippen molar-refractivity contribution in [3.63, 3.8) is 0 Å². The number of methoxy groups -OCH3 is 1. The number of hydrogen-bond donors (Lipinski definition) is 0. The van der Waals surface area contributed by atoms with Gasteiger partial charge in [0.2, 0.25) is 0 Å². The number of alkyl halides is 1. The van der Waals surface area contributed by atoms with E-state index in [1.165, 1.54) is 0 Å². The minimum Gasteiger partial charge on any atom is -0.497 e. The molecule has 0 bridgehead atoms. The summed E-state index contributed by atoms with van der Waals surface area (Å²) in [4.78, 5) is 4.73. The Balaban J connectivity index is 2.53. The summed E-state index contributed by atoms with van der Waals surface area (Å²) in [6.07, 6.45) is 1.92. The Morgan fingerprint density at radius 1 is 1.30 bits per heavy atom. The number of aromatic nitrogens is 2. The summed E-state index contributed by atoms with van der Waals surface area (Å²) in [6, 6.07) is 6.45. The third kappa shape index (κ3) is 3.09. The summed E-state index contributed by atoms with van der Waals surface area (Å²) in [5.41, 5.74) is 2.15. The molecule has 4 heteroatoms. The Bertz CT molecular complexity index is 577. The standard InChI is InChI=1S/C16H23ClN2O/c1-11(2)9-12(3)19-15-10-13(20-4)5-6-14(15)18-16(19)7-8-17/h5-6,10-12H,7-9H2,1-4H3. The molecule has 0 fully saturated rings. The van der Waals surface area contributed by atoms with E-state index in [0.717, 1.165) is 35.4 Å². The first kappa shape index (κ1) is 15.2. The van der Waals surface area contributed by atoms with Gasteiger partial charge in [0.15, 0.2) is 0 Å². The molecule has 0 amide bonds. The van der Waals surface area contributed by atoms with Crippen LogP contribution in [-0.2, 0) is 6.42 Å². The summed E-state index contributed by atoms with van der Waals surface area (Å²) >= 11 is 5.93. The first-order valence-corrected chi connectivity index (χ1v) is 7.71. The van der Waals surface area contributed by atoms with Gasteiger partial charge in [-0.15, -0.1) is 11.6 Å². The zero-order valence-electron chi connectivity index (χ0n) is 12.7. The predicted molar refractivity (Wildman–Crippen MR) is 84.9 cm³/mol. The number of rotatable bonds is 6. The van der Waals surface area contributed by atoms with Gasteiger partial charge in [0, 0.05) is 24.4 Å². The van der Waals surface area contributed by atoms with E-state index < -0.39 is 0 Å². The van der Waals surface area contributed by atoms with Gasteiger partial charge in [0.25, 0.3) is 0 Å². The number of imidazole rings is 1. The minimum atomic E-state index is 0.408. The van der Waals surface area contributed by atoms with Gasteiger partial charge in [0.05, 0.1) is 18.1 Å². The molecule has 0 spiro atoms. The van der Waals surface area contributed by atoms with Crippen LogP contribution >= 0.6 is 11.6 Å². The Morgan fingerprint density at radius 3 is 2.65 bits per heavy atom. The molecule has 2 rings (SSSR count). The molecule has 0 N–H and O–H groups in total. The van der Waals surface area contributed by atoms with Crippen LogP contribution in [0, 0.1) is 5.92 Å². The summed E-state index contributed by atoms with van der Waals surface area (Å²) < 4.78 is 7.66. The number of benzene rings is 1. The van der Waals surface area contributed by atoms with Crippen LogP contribution in [0.1, 0.15) is 39.1 Å². The predicted octanol–water partition coefficient (Wildman–Crippen LogP) is 4.43. The maximum atomic E-state index is 5.93. The Hall–Kier alpha value is -1.22. The van der Waals surface area contributed by atoms with Crippen LogP contribution in [-0.4, -0.2) is 22.5 Å². The van der Waals surface area contributed by atoms with Crippen LogP contribution in [0.5, 0.6) is 5.75 Å². The summed E-state index contributed by atoms with van der Waals surface area (Å²) in [6.45, 7) is 6.74. The van der Waals surface area contributed by atoms with E-state index in [0.29, 0.717) is 17.8 Å². The molecular formula is C16H23ClN2O. The molecule has 1 aromatic carbocycles. The normalized spacial score (nSPS) is 13.1. The molecule has 0 aliphatic rings. The van der Waals surface area contributed by atoms with Gasteiger partial charge in [0.1, 0.15) is 11.6 Å². The molecule has 3 nitrogen and oxygen atoms in total. The van der Waals surface area contributed by atoms with Crippen molar-refractivity contribution in [2.45, 2.75) is 39.7 Å². The second kappa shape index (κ2) is 6.49. The number of ether oxygens (including phenoxy) is 1. The molecule has 0 aliphatic carbocycles. The first-order valence-electron chi connectivity index (χ1n) is 7.17. The van der Waals surface area contributed by atoms with E-state index in [4.69, 9.17) is 21.3 Å². The van der Waals surface area contributed by atoms with Crippen molar-refractivity contribution >= 4 is 22.6 Å². The lowest BCUT2D eigenvalue weighted by Gasteiger charge is -2.19. The molecule has 1 heterocycles. The van der Waals surface area contributed by atoms with Gasteiger partial charge in [-0.3, -0.25) is 0 Å². The van der Waals surface area contributed by atoms with Crippen molar-refractivity contribution in [1.29, 1.82) is 0 Å². The minimum absolute atomic E-state index is 0.408. The Labute approximate surface area is 125 Å². The monoisotopic (exact) mass is 294 g/mol. The van der Waals surface area contributed by atoms with Crippen molar-refractivity contribution in [2.75, 3.05) is 13.0 Å². The van der Waals surface area contributed by atoms with Crippen molar-refractivity contribution in [3.05, 3.63) is 24.0 Å². The highest BCUT2D eigenvalue weighted by atomic mass is 35.5. The van der Waals surface area contributed by atoms with Crippen LogP contribution < -0.4 is 4.74 Å². The van der Waals surface area contributed by atoms with Gasteiger partial charge in [-0.05, 0) is 31.4 Å². The number of nitrogens with zero attached hydrogens (tertiary/aromatic N) is 2. The summed E-state index contributed by atoms with van der Waals surface area (Å²) in [5, 5.41) is 0. The number of aryl methyl sites for hydroxylation is 1. The van der Waals surface area contributed by atoms with Crippen LogP contribution in [0.15, 0.2) is 18.2 Å². The van der Waals surface area contributed by atoms with Crippen LogP contribution in [0.3, 0.4) is 0 Å². The first-order chi connectivity index (χ1) is 9.56. The molecule has 1 atom stereocenters. The third-order valence-electron chi connectivity index (χ3n) is 3.54. The SMILES string of the molecule is COc1ccc2nc(CCCl)n(C(C)CC(C)C)c2c1. The van der Waals surface area contributed by atoms with Crippen molar-refractivity contribution in [3.8, 4) is 5.75 Å². The lowest BCUT2D eigenvalue weighted by atomic mass is 10.0. The fourth-order valence-electron chi connectivity index (χ4n) is 2.79. The van der Waals surface area contributed by atoms with E-state index in [1.54, 1.807) is 7.11 Å². The molecule has 0 saturated carbocycles. The Kier molecular flexibility index (Phi) is 4.92. The summed E-state index contributed by atoms with van der Waals surface area (Å²) in [7, 11) is 1.69. The lowest BCUT2D eigenvalue weighted by Crippen LogP contribution is -2.12. The van der Waals surface area contributed by atoms with Crippen LogP contribution in [0.25, 0.3) is 11.0 Å². The fourth-order valence-corrected chi connectivity index (χ4v) is 2.96. The molecule has 0 saturated heterocycles. The van der Waals surface area contributed by atoms with Crippen molar-refractivity contribution < 1.29 is 4.74 Å². The molecule has 2 aromatic rings. The Morgan fingerprint density at radius 2 is 2.05 bits per heavy atom. The smallest absolute Gasteiger partial charge is 0.121 e. The van der Waals surface area contributed by atoms with E-state index in [1.807, 2.05) is 12.1 Å². The molecule has 0 radical (unpaired) electrons. The number of halogens is 1. The largest absolute Gasteiger partial charge is 0.497 e. The van der Waals surface area contributed by atoms with E-state index >= 15 is 0 Å². The highest BCUT2D eigenvalue weighted by molar-refractivity contribution is 6.17. The lowest BCUT2D eigenvalue weighted by molar-refractivity contribution is 0.413. The van der Waals surface area contributed by atoms with Crippen molar-refractivity contribution in [2.24, 2.45) is 5.92 Å². The second-order valence-electron chi connectivity index (χ2n) is 5.67. The van der Waals surface area contributed by atoms with E-state index in [2.05, 4.69) is 31.4 Å². The number of hydrogen-bond acceptors (Lipinski definition) is 2. The highest BCUT2D eigenvalue weighted by Crippen LogP contribution is 2.28. The van der Waals surface area contributed by atoms with Gasteiger partial charge in [-0.1, -0.05) is 13.8 Å². The third-order valence-corrected chi connectivity index (χ3v) is 3.73. The average molecular weight is 295 g/mol. The van der Waals surface area contributed by atoms with Crippen LogP contribution in [0.4, 0.5) is 0 Å². The number of fused-ring (bicyclic) bond motifs is 1. The van der Waals surface area contributed by atoms with Gasteiger partial charge < -0.3 is 9.30 Å². The molecule has 20 heavy (non-hydrogen) atoms. The average Bonchev–Trinajstić information content (AvgIpc) is 2.75. The van der Waals surface area contributed by atoms with E-state index in [9.17, 15) is 0 Å². The second-order valence-corrected chi connectivity index (χ2v) is 6.05. The maximum absolute atomic E-state index is 5.93. The van der Waals surface area contributed by atoms with E-state index in [-0.39, 0.29) is 0 Å². The molecule has 1 unspecified atom stereocenters.